The third-order valence-corrected chi connectivity index (χ3v) is 2.19. The average Bonchev–Trinajstić information content (AvgIpc) is 2.14. The highest BCUT2D eigenvalue weighted by molar-refractivity contribution is 5.69. The monoisotopic (exact) mass is 212 g/mol. The van der Waals surface area contributed by atoms with Gasteiger partial charge in [0.1, 0.15) is 0 Å². The Labute approximate surface area is 93.7 Å². The first-order valence-electron chi connectivity index (χ1n) is 5.85. The van der Waals surface area contributed by atoms with Gasteiger partial charge in [0.25, 0.3) is 0 Å². The van der Waals surface area contributed by atoms with Crippen molar-refractivity contribution in [3.63, 3.8) is 0 Å². The van der Waals surface area contributed by atoms with Gasteiger partial charge in [-0.15, -0.1) is 0 Å². The molecule has 88 valence electrons. The lowest BCUT2D eigenvalue weighted by Gasteiger charge is -2.09. The molecule has 0 saturated carbocycles. The quantitative estimate of drug-likeness (QED) is 0.475. The van der Waals surface area contributed by atoms with E-state index in [-0.39, 0.29) is 5.97 Å². The van der Waals surface area contributed by atoms with Crippen molar-refractivity contribution in [2.45, 2.75) is 53.4 Å². The largest absolute Gasteiger partial charge is 0.466 e. The molecule has 0 aromatic carbocycles. The second-order valence-electron chi connectivity index (χ2n) is 4.39. The fourth-order valence-corrected chi connectivity index (χ4v) is 1.32. The van der Waals surface area contributed by atoms with Gasteiger partial charge in [-0.25, -0.2) is 0 Å². The zero-order valence-corrected chi connectivity index (χ0v) is 10.5. The van der Waals surface area contributed by atoms with Gasteiger partial charge in [-0.3, -0.25) is 4.79 Å². The summed E-state index contributed by atoms with van der Waals surface area (Å²) in [4.78, 5) is 11.3. The molecule has 0 radical (unpaired) electrons. The average molecular weight is 212 g/mol. The second-order valence-corrected chi connectivity index (χ2v) is 4.39. The maximum Gasteiger partial charge on any atom is 0.306 e. The molecule has 0 aromatic rings. The Balaban J connectivity index is 3.59. The predicted octanol–water partition coefficient (Wildman–Crippen LogP) is 3.71. The summed E-state index contributed by atoms with van der Waals surface area (Å²) < 4.78 is 5.03. The number of hydrogen-bond donors (Lipinski definition) is 0. The first-order valence-corrected chi connectivity index (χ1v) is 5.85. The van der Waals surface area contributed by atoms with E-state index in [9.17, 15) is 4.79 Å². The van der Waals surface area contributed by atoms with Crippen LogP contribution in [0.2, 0.25) is 0 Å². The van der Waals surface area contributed by atoms with E-state index in [2.05, 4.69) is 26.8 Å². The number of allylic oxidation sites excluding steroid dienone is 2. The minimum Gasteiger partial charge on any atom is -0.466 e. The molecule has 0 N–H and O–H groups in total. The van der Waals surface area contributed by atoms with Crippen molar-refractivity contribution in [1.29, 1.82) is 0 Å². The zero-order valence-electron chi connectivity index (χ0n) is 10.5. The van der Waals surface area contributed by atoms with Gasteiger partial charge in [0.2, 0.25) is 0 Å². The van der Waals surface area contributed by atoms with Crippen LogP contribution in [0, 0.1) is 5.92 Å². The van der Waals surface area contributed by atoms with E-state index in [1.54, 1.807) is 0 Å². The van der Waals surface area contributed by atoms with Crippen LogP contribution in [-0.2, 0) is 9.53 Å². The first-order chi connectivity index (χ1) is 7.06. The SMILES string of the molecule is CCCOC(=O)C[C@H](C)CCC=C(C)C. The molecule has 0 spiro atoms. The lowest BCUT2D eigenvalue weighted by atomic mass is 10.0. The molecular formula is C13H24O2. The number of ether oxygens (including phenoxy) is 1. The third-order valence-electron chi connectivity index (χ3n) is 2.19. The van der Waals surface area contributed by atoms with Crippen LogP contribution in [0.1, 0.15) is 53.4 Å². The molecule has 0 heterocycles. The molecule has 0 bridgehead atoms. The molecule has 15 heavy (non-hydrogen) atoms. The minimum atomic E-state index is -0.0541. The maximum absolute atomic E-state index is 11.3. The summed E-state index contributed by atoms with van der Waals surface area (Å²) in [6.45, 7) is 8.86. The Morgan fingerprint density at radius 2 is 2.07 bits per heavy atom. The highest BCUT2D eigenvalue weighted by atomic mass is 16.5. The van der Waals surface area contributed by atoms with E-state index in [4.69, 9.17) is 4.74 Å². The van der Waals surface area contributed by atoms with Crippen molar-refractivity contribution in [1.82, 2.24) is 0 Å². The van der Waals surface area contributed by atoms with Crippen molar-refractivity contribution < 1.29 is 9.53 Å². The summed E-state index contributed by atoms with van der Waals surface area (Å²) in [6, 6.07) is 0. The third kappa shape index (κ3) is 9.51. The molecule has 0 fully saturated rings. The molecule has 2 heteroatoms. The zero-order chi connectivity index (χ0) is 11.7. The number of carbonyl (C=O) groups is 1. The fraction of sp³-hybridized carbons (Fsp3) is 0.769. The highest BCUT2D eigenvalue weighted by Gasteiger charge is 2.08. The Morgan fingerprint density at radius 1 is 1.40 bits per heavy atom. The summed E-state index contributed by atoms with van der Waals surface area (Å²) in [5.74, 6) is 0.367. The van der Waals surface area contributed by atoms with E-state index in [1.807, 2.05) is 6.92 Å². The van der Waals surface area contributed by atoms with Crippen LogP contribution in [0.15, 0.2) is 11.6 Å². The summed E-state index contributed by atoms with van der Waals surface area (Å²) in [5, 5.41) is 0. The molecule has 0 aliphatic carbocycles. The van der Waals surface area contributed by atoms with Gasteiger partial charge in [0.15, 0.2) is 0 Å². The van der Waals surface area contributed by atoms with Crippen molar-refractivity contribution in [2.24, 2.45) is 5.92 Å². The van der Waals surface area contributed by atoms with Gasteiger partial charge < -0.3 is 4.74 Å². The Kier molecular flexibility index (Phi) is 8.06. The molecule has 0 saturated heterocycles. The predicted molar refractivity (Wildman–Crippen MR) is 63.7 cm³/mol. The number of esters is 1. The molecule has 0 unspecified atom stereocenters. The first kappa shape index (κ1) is 14.2. The molecule has 2 nitrogen and oxygen atoms in total. The summed E-state index contributed by atoms with van der Waals surface area (Å²) in [6.07, 6.45) is 5.79. The molecule has 0 amide bonds. The normalized spacial score (nSPS) is 12.0. The van der Waals surface area contributed by atoms with E-state index in [0.29, 0.717) is 18.9 Å². The molecule has 0 rings (SSSR count). The summed E-state index contributed by atoms with van der Waals surface area (Å²) in [5.41, 5.74) is 1.34. The van der Waals surface area contributed by atoms with E-state index < -0.39 is 0 Å². The fourth-order valence-electron chi connectivity index (χ4n) is 1.32. The van der Waals surface area contributed by atoms with Gasteiger partial charge in [0, 0.05) is 6.42 Å². The lowest BCUT2D eigenvalue weighted by Crippen LogP contribution is -2.10. The van der Waals surface area contributed by atoms with Gasteiger partial charge in [-0.1, -0.05) is 25.5 Å². The molecule has 0 aliphatic rings. The number of hydrogen-bond acceptors (Lipinski definition) is 2. The van der Waals surface area contributed by atoms with Gasteiger partial charge in [0.05, 0.1) is 6.61 Å². The van der Waals surface area contributed by atoms with Crippen LogP contribution in [0.5, 0.6) is 0 Å². The van der Waals surface area contributed by atoms with Crippen LogP contribution in [0.3, 0.4) is 0 Å². The topological polar surface area (TPSA) is 26.3 Å². The standard InChI is InChI=1S/C13H24O2/c1-5-9-15-13(14)10-12(4)8-6-7-11(2)3/h7,12H,5-6,8-10H2,1-4H3/t12-/m1/s1. The molecule has 0 aromatic heterocycles. The second kappa shape index (κ2) is 8.51. The van der Waals surface area contributed by atoms with Crippen LogP contribution < -0.4 is 0 Å². The van der Waals surface area contributed by atoms with Crippen molar-refractivity contribution in [3.8, 4) is 0 Å². The minimum absolute atomic E-state index is 0.0541. The smallest absolute Gasteiger partial charge is 0.306 e. The van der Waals surface area contributed by atoms with Crippen LogP contribution in [0.4, 0.5) is 0 Å². The van der Waals surface area contributed by atoms with Crippen LogP contribution in [0.25, 0.3) is 0 Å². The Hall–Kier alpha value is -0.790. The molecule has 1 atom stereocenters. The van der Waals surface area contributed by atoms with Crippen molar-refractivity contribution in [2.75, 3.05) is 6.61 Å². The molecular weight excluding hydrogens is 188 g/mol. The van der Waals surface area contributed by atoms with Crippen LogP contribution >= 0.6 is 0 Å². The summed E-state index contributed by atoms with van der Waals surface area (Å²) >= 11 is 0. The molecule has 0 aliphatic heterocycles. The van der Waals surface area contributed by atoms with Crippen molar-refractivity contribution >= 4 is 5.97 Å². The Bertz CT molecular complexity index is 203. The van der Waals surface area contributed by atoms with Crippen molar-refractivity contribution in [3.05, 3.63) is 11.6 Å². The van der Waals surface area contributed by atoms with E-state index in [0.717, 1.165) is 19.3 Å². The van der Waals surface area contributed by atoms with E-state index >= 15 is 0 Å². The van der Waals surface area contributed by atoms with E-state index in [1.165, 1.54) is 5.57 Å². The number of carbonyl (C=O) groups excluding carboxylic acids is 1. The number of rotatable bonds is 7. The van der Waals surface area contributed by atoms with Gasteiger partial charge >= 0.3 is 5.97 Å². The van der Waals surface area contributed by atoms with Gasteiger partial charge in [-0.05, 0) is 39.0 Å². The van der Waals surface area contributed by atoms with Crippen LogP contribution in [-0.4, -0.2) is 12.6 Å². The summed E-state index contributed by atoms with van der Waals surface area (Å²) in [7, 11) is 0. The van der Waals surface area contributed by atoms with Gasteiger partial charge in [-0.2, -0.15) is 0 Å². The maximum atomic E-state index is 11.3. The Morgan fingerprint density at radius 3 is 2.60 bits per heavy atom. The lowest BCUT2D eigenvalue weighted by molar-refractivity contribution is -0.144. The highest BCUT2D eigenvalue weighted by Crippen LogP contribution is 2.12.